The highest BCUT2D eigenvalue weighted by Gasteiger charge is 2.07. The van der Waals surface area contributed by atoms with Crippen molar-refractivity contribution in [3.63, 3.8) is 0 Å². The number of nitrogens with one attached hydrogen (secondary N) is 1. The zero-order valence-electron chi connectivity index (χ0n) is 10.1. The number of pyridine rings is 2. The second kappa shape index (κ2) is 7.04. The third-order valence-electron chi connectivity index (χ3n) is 2.19. The Labute approximate surface area is 139 Å². The number of nitrogens with zero attached hydrogens (tertiary/aromatic N) is 3. The van der Waals surface area contributed by atoms with Crippen molar-refractivity contribution >= 4 is 58.5 Å². The maximum atomic E-state index is 11.8. The summed E-state index contributed by atoms with van der Waals surface area (Å²) in [4.78, 5) is 19.4. The molecular weight excluding hydrogens is 358 g/mol. The van der Waals surface area contributed by atoms with Gasteiger partial charge < -0.3 is 0 Å². The van der Waals surface area contributed by atoms with Crippen molar-refractivity contribution in [1.82, 2.24) is 15.4 Å². The summed E-state index contributed by atoms with van der Waals surface area (Å²) in [6.07, 6.45) is 1.38. The van der Waals surface area contributed by atoms with Gasteiger partial charge in [0.2, 0.25) is 0 Å². The van der Waals surface area contributed by atoms with Crippen LogP contribution in [-0.2, 0) is 0 Å². The fourth-order valence-corrected chi connectivity index (χ4v) is 2.32. The minimum Gasteiger partial charge on any atom is -0.267 e. The van der Waals surface area contributed by atoms with Crippen LogP contribution < -0.4 is 5.43 Å². The van der Waals surface area contributed by atoms with Crippen molar-refractivity contribution in [2.75, 3.05) is 0 Å². The molecule has 21 heavy (non-hydrogen) atoms. The van der Waals surface area contributed by atoms with Crippen molar-refractivity contribution in [3.8, 4) is 0 Å². The van der Waals surface area contributed by atoms with Crippen molar-refractivity contribution < 1.29 is 4.79 Å². The standard InChI is InChI=1S/C12H6Cl4N4O/c13-8-1-6(2-9(14)18-8)5-17-20-12(21)7-3-10(15)19-11(16)4-7/h1-5H,(H,20,21)/b17-5-. The van der Waals surface area contributed by atoms with E-state index in [1.54, 1.807) is 12.1 Å². The largest absolute Gasteiger partial charge is 0.271 e. The first-order valence-electron chi connectivity index (χ1n) is 5.43. The molecule has 0 aliphatic rings. The van der Waals surface area contributed by atoms with Crippen molar-refractivity contribution in [2.24, 2.45) is 5.10 Å². The molecule has 1 N–H and O–H groups in total. The van der Waals surface area contributed by atoms with Crippen LogP contribution in [0.4, 0.5) is 0 Å². The molecule has 0 aliphatic heterocycles. The van der Waals surface area contributed by atoms with Crippen LogP contribution in [0.3, 0.4) is 0 Å². The molecule has 0 saturated heterocycles. The average Bonchev–Trinajstić information content (AvgIpc) is 2.36. The first kappa shape index (κ1) is 16.0. The van der Waals surface area contributed by atoms with Gasteiger partial charge in [0.15, 0.2) is 0 Å². The minimum absolute atomic E-state index is 0.115. The Bertz CT molecular complexity index is 680. The van der Waals surface area contributed by atoms with Gasteiger partial charge in [-0.2, -0.15) is 5.10 Å². The summed E-state index contributed by atoms with van der Waals surface area (Å²) in [6.45, 7) is 0. The minimum atomic E-state index is -0.483. The van der Waals surface area contributed by atoms with Gasteiger partial charge in [0, 0.05) is 11.1 Å². The number of hydrogen-bond donors (Lipinski definition) is 1. The van der Waals surface area contributed by atoms with Gasteiger partial charge in [-0.25, -0.2) is 15.4 Å². The molecule has 0 atom stereocenters. The van der Waals surface area contributed by atoms with Gasteiger partial charge in [-0.15, -0.1) is 0 Å². The fraction of sp³-hybridized carbons (Fsp3) is 0. The van der Waals surface area contributed by atoms with E-state index in [1.165, 1.54) is 18.3 Å². The van der Waals surface area contributed by atoms with Crippen LogP contribution in [0.15, 0.2) is 29.4 Å². The summed E-state index contributed by atoms with van der Waals surface area (Å²) in [5.74, 6) is -0.483. The average molecular weight is 364 g/mol. The third-order valence-corrected chi connectivity index (χ3v) is 2.96. The van der Waals surface area contributed by atoms with Crippen LogP contribution >= 0.6 is 46.4 Å². The maximum Gasteiger partial charge on any atom is 0.271 e. The van der Waals surface area contributed by atoms with E-state index in [0.29, 0.717) is 5.56 Å². The smallest absolute Gasteiger partial charge is 0.267 e. The van der Waals surface area contributed by atoms with Gasteiger partial charge in [0.05, 0.1) is 6.21 Å². The summed E-state index contributed by atoms with van der Waals surface area (Å²) < 4.78 is 0. The topological polar surface area (TPSA) is 67.2 Å². The van der Waals surface area contributed by atoms with E-state index in [4.69, 9.17) is 46.4 Å². The number of hydrazone groups is 1. The molecule has 2 heterocycles. The molecule has 2 rings (SSSR count). The Morgan fingerprint density at radius 2 is 1.43 bits per heavy atom. The lowest BCUT2D eigenvalue weighted by molar-refractivity contribution is 0.0955. The Kier molecular flexibility index (Phi) is 5.36. The van der Waals surface area contributed by atoms with E-state index in [0.717, 1.165) is 0 Å². The number of aromatic nitrogens is 2. The molecular formula is C12H6Cl4N4O. The summed E-state index contributed by atoms with van der Waals surface area (Å²) in [5, 5.41) is 4.46. The number of carbonyl (C=O) groups excluding carboxylic acids is 1. The van der Waals surface area contributed by atoms with Crippen LogP contribution in [0, 0.1) is 0 Å². The normalized spacial score (nSPS) is 10.9. The Morgan fingerprint density at radius 3 is 1.95 bits per heavy atom. The van der Waals surface area contributed by atoms with Gasteiger partial charge >= 0.3 is 0 Å². The highest BCUT2D eigenvalue weighted by atomic mass is 35.5. The molecule has 108 valence electrons. The van der Waals surface area contributed by atoms with E-state index < -0.39 is 5.91 Å². The van der Waals surface area contributed by atoms with E-state index in [-0.39, 0.29) is 26.2 Å². The molecule has 0 aromatic carbocycles. The van der Waals surface area contributed by atoms with Gasteiger partial charge in [-0.1, -0.05) is 46.4 Å². The zero-order chi connectivity index (χ0) is 15.4. The fourth-order valence-electron chi connectivity index (χ4n) is 1.38. The van der Waals surface area contributed by atoms with Crippen LogP contribution in [0.2, 0.25) is 20.6 Å². The van der Waals surface area contributed by atoms with Gasteiger partial charge in [-0.05, 0) is 24.3 Å². The Balaban J connectivity index is 2.08. The van der Waals surface area contributed by atoms with E-state index >= 15 is 0 Å². The molecule has 0 fully saturated rings. The summed E-state index contributed by atoms with van der Waals surface area (Å²) >= 11 is 22.9. The molecule has 0 radical (unpaired) electrons. The molecule has 0 spiro atoms. The number of hydrogen-bond acceptors (Lipinski definition) is 4. The second-order valence-corrected chi connectivity index (χ2v) is 5.30. The van der Waals surface area contributed by atoms with Crippen molar-refractivity contribution in [3.05, 3.63) is 56.0 Å². The number of amides is 1. The number of carbonyl (C=O) groups is 1. The SMILES string of the molecule is O=C(N/N=C\c1cc(Cl)nc(Cl)c1)c1cc(Cl)nc(Cl)c1. The first-order valence-corrected chi connectivity index (χ1v) is 6.95. The van der Waals surface area contributed by atoms with Gasteiger partial charge in [-0.3, -0.25) is 4.79 Å². The molecule has 5 nitrogen and oxygen atoms in total. The predicted octanol–water partition coefficient (Wildman–Crippen LogP) is 3.85. The molecule has 0 aliphatic carbocycles. The molecule has 2 aromatic heterocycles. The van der Waals surface area contributed by atoms with Gasteiger partial charge in [0.1, 0.15) is 20.6 Å². The molecule has 0 saturated carbocycles. The third kappa shape index (κ3) is 4.82. The first-order chi connectivity index (χ1) is 9.94. The lowest BCUT2D eigenvalue weighted by Gasteiger charge is -2.01. The van der Waals surface area contributed by atoms with Crippen LogP contribution in [0.25, 0.3) is 0 Å². The Morgan fingerprint density at radius 1 is 0.952 bits per heavy atom. The summed E-state index contributed by atoms with van der Waals surface area (Å²) in [6, 6.07) is 5.84. The highest BCUT2D eigenvalue weighted by molar-refractivity contribution is 6.33. The number of rotatable bonds is 3. The molecule has 1 amide bonds. The van der Waals surface area contributed by atoms with Crippen LogP contribution in [-0.4, -0.2) is 22.1 Å². The zero-order valence-corrected chi connectivity index (χ0v) is 13.2. The lowest BCUT2D eigenvalue weighted by Crippen LogP contribution is -2.17. The van der Waals surface area contributed by atoms with Crippen molar-refractivity contribution in [2.45, 2.75) is 0 Å². The van der Waals surface area contributed by atoms with Crippen molar-refractivity contribution in [1.29, 1.82) is 0 Å². The Hall–Kier alpha value is -1.40. The second-order valence-electron chi connectivity index (χ2n) is 3.75. The van der Waals surface area contributed by atoms with E-state index in [9.17, 15) is 4.79 Å². The molecule has 2 aromatic rings. The van der Waals surface area contributed by atoms with Crippen LogP contribution in [0.1, 0.15) is 15.9 Å². The maximum absolute atomic E-state index is 11.8. The monoisotopic (exact) mass is 362 g/mol. The quantitative estimate of drug-likeness (QED) is 0.511. The number of halogens is 4. The highest BCUT2D eigenvalue weighted by Crippen LogP contribution is 2.15. The predicted molar refractivity (Wildman–Crippen MR) is 83.6 cm³/mol. The summed E-state index contributed by atoms with van der Waals surface area (Å²) in [7, 11) is 0. The van der Waals surface area contributed by atoms with E-state index in [1.807, 2.05) is 0 Å². The molecule has 9 heteroatoms. The summed E-state index contributed by atoms with van der Waals surface area (Å²) in [5.41, 5.74) is 3.15. The molecule has 0 bridgehead atoms. The molecule has 0 unspecified atom stereocenters. The lowest BCUT2D eigenvalue weighted by atomic mass is 10.2. The van der Waals surface area contributed by atoms with E-state index in [2.05, 4.69) is 20.5 Å². The van der Waals surface area contributed by atoms with Gasteiger partial charge in [0.25, 0.3) is 5.91 Å². The van der Waals surface area contributed by atoms with Crippen LogP contribution in [0.5, 0.6) is 0 Å².